The third-order valence-corrected chi connectivity index (χ3v) is 3.59. The van der Waals surface area contributed by atoms with Crippen LogP contribution >= 0.6 is 0 Å². The van der Waals surface area contributed by atoms with Crippen LogP contribution in [-0.2, 0) is 11.2 Å². The van der Waals surface area contributed by atoms with E-state index in [-0.39, 0.29) is 5.91 Å². The van der Waals surface area contributed by atoms with Crippen LogP contribution in [0.25, 0.3) is 10.9 Å². The van der Waals surface area contributed by atoms with Crippen molar-refractivity contribution >= 4 is 16.8 Å². The van der Waals surface area contributed by atoms with Crippen LogP contribution in [-0.4, -0.2) is 35.2 Å². The fraction of sp³-hybridized carbons (Fsp3) is 0.429. The molecule has 1 atom stereocenters. The molecule has 0 saturated carbocycles. The Morgan fingerprint density at radius 2 is 2.32 bits per heavy atom. The molecule has 1 aromatic carbocycles. The van der Waals surface area contributed by atoms with Gasteiger partial charge in [0.25, 0.3) is 0 Å². The third kappa shape index (κ3) is 2.76. The van der Waals surface area contributed by atoms with Crippen LogP contribution in [0.1, 0.15) is 18.5 Å². The van der Waals surface area contributed by atoms with Crippen molar-refractivity contribution in [1.82, 2.24) is 20.8 Å². The van der Waals surface area contributed by atoms with Gasteiger partial charge < -0.3 is 10.6 Å². The molecule has 1 unspecified atom stereocenters. The van der Waals surface area contributed by atoms with E-state index >= 15 is 0 Å². The molecular weight excluding hydrogens is 240 g/mol. The Balaban J connectivity index is 1.59. The maximum absolute atomic E-state index is 11.9. The molecule has 1 saturated heterocycles. The number of hydrogen-bond donors (Lipinski definition) is 3. The average molecular weight is 258 g/mol. The second kappa shape index (κ2) is 5.40. The minimum Gasteiger partial charge on any atom is -0.354 e. The summed E-state index contributed by atoms with van der Waals surface area (Å²) in [5.74, 6) is 0.0445. The number of nitrogens with one attached hydrogen (secondary N) is 3. The van der Waals surface area contributed by atoms with Gasteiger partial charge in [0.1, 0.15) is 0 Å². The second-order valence-electron chi connectivity index (χ2n) is 4.99. The van der Waals surface area contributed by atoms with E-state index < -0.39 is 0 Å². The molecule has 0 spiro atoms. The van der Waals surface area contributed by atoms with Crippen molar-refractivity contribution in [2.24, 2.45) is 0 Å². The lowest BCUT2D eigenvalue weighted by molar-refractivity contribution is -0.120. The lowest BCUT2D eigenvalue weighted by Crippen LogP contribution is -2.37. The van der Waals surface area contributed by atoms with E-state index in [0.717, 1.165) is 29.6 Å². The summed E-state index contributed by atoms with van der Waals surface area (Å²) in [6, 6.07) is 8.26. The zero-order chi connectivity index (χ0) is 13.1. The summed E-state index contributed by atoms with van der Waals surface area (Å²) in [6.07, 6.45) is 2.70. The normalized spacial score (nSPS) is 18.8. The van der Waals surface area contributed by atoms with E-state index in [0.29, 0.717) is 19.0 Å². The summed E-state index contributed by atoms with van der Waals surface area (Å²) in [7, 11) is 0. The van der Waals surface area contributed by atoms with Crippen molar-refractivity contribution in [2.75, 3.05) is 13.1 Å². The molecule has 1 aliphatic rings. The van der Waals surface area contributed by atoms with Crippen LogP contribution in [0, 0.1) is 0 Å². The van der Waals surface area contributed by atoms with Crippen LogP contribution < -0.4 is 10.6 Å². The zero-order valence-electron chi connectivity index (χ0n) is 10.8. The third-order valence-electron chi connectivity index (χ3n) is 3.59. The molecule has 0 aliphatic carbocycles. The van der Waals surface area contributed by atoms with Crippen LogP contribution in [0.4, 0.5) is 0 Å². The molecule has 0 radical (unpaired) electrons. The van der Waals surface area contributed by atoms with Gasteiger partial charge in [-0.25, -0.2) is 0 Å². The highest BCUT2D eigenvalue weighted by atomic mass is 16.1. The molecule has 3 rings (SSSR count). The lowest BCUT2D eigenvalue weighted by atomic mass is 10.1. The van der Waals surface area contributed by atoms with Gasteiger partial charge in [0, 0.05) is 18.0 Å². The van der Waals surface area contributed by atoms with E-state index in [1.807, 2.05) is 24.3 Å². The van der Waals surface area contributed by atoms with Crippen molar-refractivity contribution in [3.05, 3.63) is 30.0 Å². The molecule has 1 aliphatic heterocycles. The van der Waals surface area contributed by atoms with Gasteiger partial charge in [-0.15, -0.1) is 0 Å². The van der Waals surface area contributed by atoms with Gasteiger partial charge in [0.2, 0.25) is 5.91 Å². The Morgan fingerprint density at radius 1 is 1.42 bits per heavy atom. The molecule has 0 bridgehead atoms. The number of carbonyl (C=O) groups is 1. The SMILES string of the molecule is O=C(Cc1[nH]nc2ccccc12)NCC1CCCN1. The fourth-order valence-electron chi connectivity index (χ4n) is 2.54. The predicted octanol–water partition coefficient (Wildman–Crippen LogP) is 0.974. The number of nitrogens with zero attached hydrogens (tertiary/aromatic N) is 1. The van der Waals surface area contributed by atoms with Crippen LogP contribution in [0.3, 0.4) is 0 Å². The molecule has 2 aromatic rings. The maximum Gasteiger partial charge on any atom is 0.226 e. The van der Waals surface area contributed by atoms with Gasteiger partial charge in [-0.1, -0.05) is 18.2 Å². The zero-order valence-corrected chi connectivity index (χ0v) is 10.8. The number of para-hydroxylation sites is 1. The first-order chi connectivity index (χ1) is 9.33. The number of benzene rings is 1. The molecule has 1 amide bonds. The fourth-order valence-corrected chi connectivity index (χ4v) is 2.54. The lowest BCUT2D eigenvalue weighted by Gasteiger charge is -2.11. The summed E-state index contributed by atoms with van der Waals surface area (Å²) in [5.41, 5.74) is 1.79. The Bertz CT molecular complexity index is 572. The largest absolute Gasteiger partial charge is 0.354 e. The first-order valence-corrected chi connectivity index (χ1v) is 6.75. The van der Waals surface area contributed by atoms with Gasteiger partial charge in [0.15, 0.2) is 0 Å². The highest BCUT2D eigenvalue weighted by Crippen LogP contribution is 2.15. The number of rotatable bonds is 4. The topological polar surface area (TPSA) is 69.8 Å². The number of amides is 1. The van der Waals surface area contributed by atoms with E-state index in [1.54, 1.807) is 0 Å². The number of fused-ring (bicyclic) bond motifs is 1. The number of H-pyrrole nitrogens is 1. The smallest absolute Gasteiger partial charge is 0.226 e. The van der Waals surface area contributed by atoms with Crippen LogP contribution in [0.2, 0.25) is 0 Å². The number of aromatic nitrogens is 2. The highest BCUT2D eigenvalue weighted by Gasteiger charge is 2.15. The van der Waals surface area contributed by atoms with Gasteiger partial charge in [-0.2, -0.15) is 5.10 Å². The standard InChI is InChI=1S/C14H18N4O/c19-14(16-9-10-4-3-7-15-10)8-13-11-5-1-2-6-12(11)17-18-13/h1-2,5-6,10,15H,3-4,7-9H2,(H,16,19)(H,17,18). The average Bonchev–Trinajstić information content (AvgIpc) is 3.07. The van der Waals surface area contributed by atoms with Gasteiger partial charge in [0.05, 0.1) is 17.6 Å². The van der Waals surface area contributed by atoms with Gasteiger partial charge in [-0.3, -0.25) is 9.89 Å². The molecule has 5 heteroatoms. The van der Waals surface area contributed by atoms with Crippen molar-refractivity contribution in [3.8, 4) is 0 Å². The predicted molar refractivity (Wildman–Crippen MR) is 73.8 cm³/mol. The van der Waals surface area contributed by atoms with Crippen molar-refractivity contribution in [2.45, 2.75) is 25.3 Å². The number of carbonyl (C=O) groups excluding carboxylic acids is 1. The van der Waals surface area contributed by atoms with E-state index in [2.05, 4.69) is 20.8 Å². The van der Waals surface area contributed by atoms with E-state index in [4.69, 9.17) is 0 Å². The Labute approximate surface area is 111 Å². The highest BCUT2D eigenvalue weighted by molar-refractivity contribution is 5.87. The summed E-state index contributed by atoms with van der Waals surface area (Å²) < 4.78 is 0. The minimum atomic E-state index is 0.0445. The molecule has 19 heavy (non-hydrogen) atoms. The molecule has 1 fully saturated rings. The quantitative estimate of drug-likeness (QED) is 0.765. The van der Waals surface area contributed by atoms with Crippen molar-refractivity contribution in [1.29, 1.82) is 0 Å². The van der Waals surface area contributed by atoms with E-state index in [9.17, 15) is 4.79 Å². The number of aromatic amines is 1. The monoisotopic (exact) mass is 258 g/mol. The molecule has 3 N–H and O–H groups in total. The van der Waals surface area contributed by atoms with Gasteiger partial charge in [-0.05, 0) is 25.5 Å². The Hall–Kier alpha value is -1.88. The molecule has 1 aromatic heterocycles. The molecular formula is C14H18N4O. The molecule has 5 nitrogen and oxygen atoms in total. The molecule has 100 valence electrons. The first-order valence-electron chi connectivity index (χ1n) is 6.75. The second-order valence-corrected chi connectivity index (χ2v) is 4.99. The van der Waals surface area contributed by atoms with Crippen LogP contribution in [0.15, 0.2) is 24.3 Å². The summed E-state index contributed by atoms with van der Waals surface area (Å²) in [6.45, 7) is 1.77. The Morgan fingerprint density at radius 3 is 3.16 bits per heavy atom. The Kier molecular flexibility index (Phi) is 3.46. The first kappa shape index (κ1) is 12.2. The summed E-state index contributed by atoms with van der Waals surface area (Å²) in [4.78, 5) is 11.9. The summed E-state index contributed by atoms with van der Waals surface area (Å²) >= 11 is 0. The maximum atomic E-state index is 11.9. The number of hydrogen-bond acceptors (Lipinski definition) is 3. The van der Waals surface area contributed by atoms with Crippen molar-refractivity contribution in [3.63, 3.8) is 0 Å². The summed E-state index contributed by atoms with van der Waals surface area (Å²) in [5, 5.41) is 14.5. The molecule has 2 heterocycles. The van der Waals surface area contributed by atoms with Crippen molar-refractivity contribution < 1.29 is 4.79 Å². The van der Waals surface area contributed by atoms with Gasteiger partial charge >= 0.3 is 0 Å². The minimum absolute atomic E-state index is 0.0445. The van der Waals surface area contributed by atoms with E-state index in [1.165, 1.54) is 6.42 Å². The van der Waals surface area contributed by atoms with Crippen LogP contribution in [0.5, 0.6) is 0 Å².